The van der Waals surface area contributed by atoms with E-state index in [1.165, 1.54) is 12.3 Å². The number of amides is 2. The van der Waals surface area contributed by atoms with Crippen LogP contribution in [0.4, 0.5) is 14.9 Å². The number of imide groups is 1. The molecule has 0 aliphatic carbocycles. The number of carbonyl (C=O) groups is 2. The number of hydrogen-bond acceptors (Lipinski definition) is 8. The molecule has 2 amide bonds. The summed E-state index contributed by atoms with van der Waals surface area (Å²) in [4.78, 5) is 32.2. The van der Waals surface area contributed by atoms with E-state index in [1.54, 1.807) is 36.4 Å². The average molecular weight is 504 g/mol. The number of piperazine rings is 1. The van der Waals surface area contributed by atoms with Crippen molar-refractivity contribution in [3.05, 3.63) is 64.4 Å². The lowest BCUT2D eigenvalue weighted by atomic mass is 9.95. The van der Waals surface area contributed by atoms with Crippen molar-refractivity contribution < 1.29 is 19.1 Å². The van der Waals surface area contributed by atoms with E-state index in [4.69, 9.17) is 5.11 Å². The Kier molecular flexibility index (Phi) is 6.69. The first kappa shape index (κ1) is 23.9. The summed E-state index contributed by atoms with van der Waals surface area (Å²) >= 11 is 0.826. The summed E-state index contributed by atoms with van der Waals surface area (Å²) in [6.45, 7) is 3.52. The molecule has 0 unspecified atom stereocenters. The molecule has 3 heterocycles. The van der Waals surface area contributed by atoms with E-state index in [9.17, 15) is 14.9 Å². The summed E-state index contributed by atoms with van der Waals surface area (Å²) in [5, 5.41) is 21.4. The Hall–Kier alpha value is -3.78. The number of halogens is 1. The third-order valence-corrected chi connectivity index (χ3v) is 7.13. The molecule has 0 saturated carbocycles. The summed E-state index contributed by atoms with van der Waals surface area (Å²) in [6, 6.07) is 12.5. The number of aromatic nitrogens is 1. The van der Waals surface area contributed by atoms with E-state index >= 15 is 4.39 Å². The Balaban J connectivity index is 1.52. The third kappa shape index (κ3) is 4.68. The number of rotatable bonds is 5. The predicted octanol–water partition coefficient (Wildman–Crippen LogP) is 3.35. The molecule has 8 nitrogen and oxygen atoms in total. The van der Waals surface area contributed by atoms with Crippen molar-refractivity contribution in [2.75, 3.05) is 44.2 Å². The monoisotopic (exact) mass is 503 g/mol. The van der Waals surface area contributed by atoms with Crippen LogP contribution in [0.2, 0.25) is 0 Å². The van der Waals surface area contributed by atoms with Gasteiger partial charge in [0.1, 0.15) is 11.9 Å². The number of carbonyl (C=O) groups excluding carboxylic acids is 2. The molecule has 2 aliphatic rings. The number of aliphatic hydroxyl groups excluding tert-OH is 1. The molecule has 2 N–H and O–H groups in total. The quantitative estimate of drug-likeness (QED) is 0.510. The van der Waals surface area contributed by atoms with Crippen LogP contribution in [0.25, 0.3) is 28.1 Å². The van der Waals surface area contributed by atoms with Crippen LogP contribution in [0.15, 0.2) is 47.5 Å². The molecule has 2 aromatic carbocycles. The number of fused-ring (bicyclic) bond motifs is 1. The Morgan fingerprint density at radius 3 is 2.64 bits per heavy atom. The molecule has 3 aromatic rings. The Labute approximate surface area is 211 Å². The summed E-state index contributed by atoms with van der Waals surface area (Å²) in [5.41, 5.74) is 3.19. The highest BCUT2D eigenvalue weighted by Crippen LogP contribution is 2.35. The molecule has 2 aliphatic heterocycles. The van der Waals surface area contributed by atoms with Gasteiger partial charge in [0.2, 0.25) is 0 Å². The minimum Gasteiger partial charge on any atom is -0.395 e. The van der Waals surface area contributed by atoms with E-state index in [0.29, 0.717) is 58.5 Å². The molecule has 182 valence electrons. The molecule has 0 atom stereocenters. The van der Waals surface area contributed by atoms with Crippen LogP contribution in [-0.4, -0.2) is 65.5 Å². The second kappa shape index (κ2) is 10.1. The van der Waals surface area contributed by atoms with Gasteiger partial charge >= 0.3 is 0 Å². The van der Waals surface area contributed by atoms with Gasteiger partial charge in [-0.2, -0.15) is 5.26 Å². The summed E-state index contributed by atoms with van der Waals surface area (Å²) in [7, 11) is 0. The van der Waals surface area contributed by atoms with Gasteiger partial charge in [0.05, 0.1) is 28.3 Å². The molecule has 0 bridgehead atoms. The lowest BCUT2D eigenvalue weighted by Gasteiger charge is -2.36. The first-order valence-corrected chi connectivity index (χ1v) is 12.2. The van der Waals surface area contributed by atoms with Gasteiger partial charge in [-0.1, -0.05) is 12.1 Å². The molecular formula is C26H22FN5O3S. The first-order chi connectivity index (χ1) is 17.5. The number of aliphatic hydroxyl groups is 1. The zero-order chi connectivity index (χ0) is 25.2. The maximum atomic E-state index is 15.3. The Bertz CT molecular complexity index is 1440. The number of anilines is 1. The number of nitrogens with zero attached hydrogens (tertiary/aromatic N) is 4. The highest BCUT2D eigenvalue weighted by Gasteiger charge is 2.25. The van der Waals surface area contributed by atoms with Crippen molar-refractivity contribution in [3.8, 4) is 17.2 Å². The SMILES string of the molecule is N#Cc1cnc2ccc(C=C3SC(=O)NC3=O)cc2c1-c1ccc(N2CCN(CCO)CC2)c(F)c1. The summed E-state index contributed by atoms with van der Waals surface area (Å²) < 4.78 is 15.3. The van der Waals surface area contributed by atoms with Crippen molar-refractivity contribution in [1.29, 1.82) is 5.26 Å². The van der Waals surface area contributed by atoms with Crippen molar-refractivity contribution >= 4 is 45.6 Å². The van der Waals surface area contributed by atoms with E-state index in [1.807, 2.05) is 4.90 Å². The number of thioether (sulfide) groups is 1. The minimum atomic E-state index is -0.455. The lowest BCUT2D eigenvalue weighted by molar-refractivity contribution is -0.115. The number of benzene rings is 2. The maximum Gasteiger partial charge on any atom is 0.290 e. The second-order valence-corrected chi connectivity index (χ2v) is 9.52. The molecule has 0 spiro atoms. The highest BCUT2D eigenvalue weighted by molar-refractivity contribution is 8.18. The van der Waals surface area contributed by atoms with Gasteiger partial charge in [0, 0.05) is 49.9 Å². The molecule has 2 fully saturated rings. The molecule has 5 rings (SSSR count). The van der Waals surface area contributed by atoms with Crippen LogP contribution in [-0.2, 0) is 4.79 Å². The van der Waals surface area contributed by atoms with Crippen LogP contribution in [0.5, 0.6) is 0 Å². The number of β-amino-alcohol motifs (C(OH)–C–C–N with tert-alkyl or cyclic N) is 1. The minimum absolute atomic E-state index is 0.104. The molecular weight excluding hydrogens is 481 g/mol. The van der Waals surface area contributed by atoms with Gasteiger partial charge < -0.3 is 10.0 Å². The predicted molar refractivity (Wildman–Crippen MR) is 137 cm³/mol. The van der Waals surface area contributed by atoms with Crippen LogP contribution in [0.3, 0.4) is 0 Å². The van der Waals surface area contributed by atoms with E-state index in [0.717, 1.165) is 24.9 Å². The average Bonchev–Trinajstić information content (AvgIpc) is 3.20. The molecule has 1 aromatic heterocycles. The van der Waals surface area contributed by atoms with Gasteiger partial charge in [-0.05, 0) is 53.2 Å². The topological polar surface area (TPSA) is 110 Å². The lowest BCUT2D eigenvalue weighted by Crippen LogP contribution is -2.47. The van der Waals surface area contributed by atoms with Crippen molar-refractivity contribution in [3.63, 3.8) is 0 Å². The molecule has 10 heteroatoms. The van der Waals surface area contributed by atoms with Gasteiger partial charge in [0.25, 0.3) is 11.1 Å². The molecule has 36 heavy (non-hydrogen) atoms. The van der Waals surface area contributed by atoms with Gasteiger partial charge in [-0.3, -0.25) is 24.8 Å². The fraction of sp³-hybridized carbons (Fsp3) is 0.231. The molecule has 2 saturated heterocycles. The fourth-order valence-electron chi connectivity index (χ4n) is 4.54. The Morgan fingerprint density at radius 2 is 1.97 bits per heavy atom. The number of hydrogen-bond donors (Lipinski definition) is 2. The maximum absolute atomic E-state index is 15.3. The van der Waals surface area contributed by atoms with Crippen molar-refractivity contribution in [2.24, 2.45) is 0 Å². The zero-order valence-corrected chi connectivity index (χ0v) is 20.0. The number of nitriles is 1. The van der Waals surface area contributed by atoms with Crippen molar-refractivity contribution in [2.45, 2.75) is 0 Å². The normalized spacial score (nSPS) is 17.6. The first-order valence-electron chi connectivity index (χ1n) is 11.4. The summed E-state index contributed by atoms with van der Waals surface area (Å²) in [6.07, 6.45) is 3.08. The van der Waals surface area contributed by atoms with E-state index < -0.39 is 11.1 Å². The number of pyridine rings is 1. The summed E-state index contributed by atoms with van der Waals surface area (Å²) in [5.74, 6) is -0.836. The van der Waals surface area contributed by atoms with Crippen LogP contribution < -0.4 is 10.2 Å². The largest absolute Gasteiger partial charge is 0.395 e. The van der Waals surface area contributed by atoms with Gasteiger partial charge in [-0.15, -0.1) is 0 Å². The van der Waals surface area contributed by atoms with Gasteiger partial charge in [0.15, 0.2) is 0 Å². The third-order valence-electron chi connectivity index (χ3n) is 6.32. The number of nitrogens with one attached hydrogen (secondary N) is 1. The smallest absolute Gasteiger partial charge is 0.290 e. The second-order valence-electron chi connectivity index (χ2n) is 8.51. The zero-order valence-electron chi connectivity index (χ0n) is 19.2. The standard InChI is InChI=1S/C26H22FN5O3S/c27-20-13-17(2-4-22(20)32-7-5-31(6-8-32)9-10-33)24-18(14-28)15-29-21-3-1-16(11-19(21)24)12-23-25(34)30-26(35)36-23/h1-4,11-13,15,33H,5-10H2,(H,30,34,35). The van der Waals surface area contributed by atoms with Crippen molar-refractivity contribution in [1.82, 2.24) is 15.2 Å². The fourth-order valence-corrected chi connectivity index (χ4v) is 5.22. The highest BCUT2D eigenvalue weighted by atomic mass is 32.2. The Morgan fingerprint density at radius 1 is 1.17 bits per heavy atom. The van der Waals surface area contributed by atoms with Crippen LogP contribution in [0, 0.1) is 17.1 Å². The van der Waals surface area contributed by atoms with Crippen LogP contribution >= 0.6 is 11.8 Å². The molecule has 0 radical (unpaired) electrons. The van der Waals surface area contributed by atoms with Crippen LogP contribution in [0.1, 0.15) is 11.1 Å². The van der Waals surface area contributed by atoms with E-state index in [2.05, 4.69) is 21.3 Å². The van der Waals surface area contributed by atoms with Gasteiger partial charge in [-0.25, -0.2) is 4.39 Å². The van der Waals surface area contributed by atoms with E-state index in [-0.39, 0.29) is 17.3 Å².